The first kappa shape index (κ1) is 9.02. The number of nitrogens with zero attached hydrogens (tertiary/aromatic N) is 1. The summed E-state index contributed by atoms with van der Waals surface area (Å²) in [5.41, 5.74) is 0. The van der Waals surface area contributed by atoms with Crippen LogP contribution in [0.2, 0.25) is 0 Å². The van der Waals surface area contributed by atoms with Crippen LogP contribution in [0, 0.1) is 5.92 Å². The Hall–Kier alpha value is 0.0200. The second-order valence-electron chi connectivity index (χ2n) is 2.74. The van der Waals surface area contributed by atoms with Crippen molar-refractivity contribution in [3.8, 4) is 0 Å². The molecule has 0 spiro atoms. The molecule has 0 aliphatic heterocycles. The van der Waals surface area contributed by atoms with E-state index in [1.807, 2.05) is 0 Å². The molecule has 2 heteroatoms. The minimum absolute atomic E-state index is 0.829. The second kappa shape index (κ2) is 6.14. The van der Waals surface area contributed by atoms with Gasteiger partial charge in [-0.05, 0) is 12.3 Å². The van der Waals surface area contributed by atoms with Gasteiger partial charge < -0.3 is 0 Å². The predicted molar refractivity (Wildman–Crippen MR) is 43.3 cm³/mol. The summed E-state index contributed by atoms with van der Waals surface area (Å²) in [6.07, 6.45) is 3.75. The van der Waals surface area contributed by atoms with Crippen molar-refractivity contribution in [3.63, 3.8) is 0 Å². The Labute approximate surface area is 63.0 Å². The molecule has 1 nitrogen and oxygen atoms in total. The van der Waals surface area contributed by atoms with Gasteiger partial charge in [-0.3, -0.25) is 0 Å². The fourth-order valence-corrected chi connectivity index (χ4v) is 0.858. The molecule has 9 heavy (non-hydrogen) atoms. The van der Waals surface area contributed by atoms with Gasteiger partial charge in [-0.1, -0.05) is 26.7 Å². The molecule has 0 aromatic carbocycles. The summed E-state index contributed by atoms with van der Waals surface area (Å²) in [7, 11) is 0. The summed E-state index contributed by atoms with van der Waals surface area (Å²) in [5.74, 6) is 0.829. The van der Waals surface area contributed by atoms with E-state index in [2.05, 4.69) is 30.6 Å². The third kappa shape index (κ3) is 8.02. The van der Waals surface area contributed by atoms with Crippen LogP contribution >= 0.6 is 0 Å². The molecule has 0 saturated carbocycles. The van der Waals surface area contributed by atoms with Crippen LogP contribution in [0.1, 0.15) is 33.1 Å². The smallest absolute Gasteiger partial charge is 0.0521 e. The van der Waals surface area contributed by atoms with E-state index in [1.54, 1.807) is 0 Å². The molecule has 0 bridgehead atoms. The molecular weight excluding hydrogens is 130 g/mol. The van der Waals surface area contributed by atoms with Crippen LogP contribution in [-0.2, 0) is 12.4 Å². The first-order valence-electron chi connectivity index (χ1n) is 3.56. The predicted octanol–water partition coefficient (Wildman–Crippen LogP) is 2.54. The molecule has 0 aromatic heterocycles. The lowest BCUT2D eigenvalue weighted by atomic mass is 10.1. The van der Waals surface area contributed by atoms with Gasteiger partial charge in [0.15, 0.2) is 0 Å². The molecule has 54 valence electrons. The second-order valence-corrected chi connectivity index (χ2v) is 3.00. The van der Waals surface area contributed by atoms with Crippen LogP contribution in [0.5, 0.6) is 0 Å². The van der Waals surface area contributed by atoms with Crippen molar-refractivity contribution in [1.82, 2.24) is 0 Å². The average molecular weight is 145 g/mol. The Balaban J connectivity index is 2.82. The summed E-state index contributed by atoms with van der Waals surface area (Å²) in [5, 5.41) is 0. The molecule has 0 unspecified atom stereocenters. The first-order chi connectivity index (χ1) is 4.27. The highest BCUT2D eigenvalue weighted by Gasteiger charge is 1.91. The average Bonchev–Trinajstić information content (AvgIpc) is 1.80. The van der Waals surface area contributed by atoms with Gasteiger partial charge in [0.05, 0.1) is 6.54 Å². The minimum Gasteiger partial charge on any atom is -0.220 e. The van der Waals surface area contributed by atoms with Gasteiger partial charge in [0.25, 0.3) is 0 Å². The van der Waals surface area contributed by atoms with E-state index >= 15 is 0 Å². The SMILES string of the molecule is CC(C)CCCCN=S. The maximum atomic E-state index is 4.46. The van der Waals surface area contributed by atoms with Gasteiger partial charge in [-0.2, -0.15) is 0 Å². The number of hydrogen-bond donors (Lipinski definition) is 0. The standard InChI is InChI=1S/C7H15NS/c1-7(2)5-3-4-6-8-9/h7H,3-6H2,1-2H3. The highest BCUT2D eigenvalue weighted by molar-refractivity contribution is 7.47. The minimum atomic E-state index is 0.829. The molecule has 0 aliphatic carbocycles. The zero-order valence-corrected chi connectivity index (χ0v) is 7.08. The van der Waals surface area contributed by atoms with Crippen LogP contribution in [0.25, 0.3) is 0 Å². The van der Waals surface area contributed by atoms with E-state index in [4.69, 9.17) is 0 Å². The molecule has 0 aliphatic rings. The lowest BCUT2D eigenvalue weighted by Gasteiger charge is -2.00. The molecule has 0 radical (unpaired) electrons. The normalized spacial score (nSPS) is 10.1. The Morgan fingerprint density at radius 2 is 2.00 bits per heavy atom. The van der Waals surface area contributed by atoms with Crippen LogP contribution in [0.15, 0.2) is 4.36 Å². The fraction of sp³-hybridized carbons (Fsp3) is 1.00. The van der Waals surface area contributed by atoms with Crippen LogP contribution in [-0.4, -0.2) is 6.54 Å². The van der Waals surface area contributed by atoms with Gasteiger partial charge in [-0.25, -0.2) is 4.36 Å². The molecule has 0 atom stereocenters. The van der Waals surface area contributed by atoms with Crippen molar-refractivity contribution in [2.24, 2.45) is 10.3 Å². The van der Waals surface area contributed by atoms with Gasteiger partial charge in [-0.15, -0.1) is 0 Å². The van der Waals surface area contributed by atoms with Crippen molar-refractivity contribution < 1.29 is 0 Å². The highest BCUT2D eigenvalue weighted by atomic mass is 32.1. The molecule has 0 rings (SSSR count). The number of hydrogen-bond acceptors (Lipinski definition) is 2. The van der Waals surface area contributed by atoms with Gasteiger partial charge in [0.1, 0.15) is 0 Å². The Bertz CT molecular complexity index is 71.3. The summed E-state index contributed by atoms with van der Waals surface area (Å²) >= 11 is 4.46. The lowest BCUT2D eigenvalue weighted by molar-refractivity contribution is 0.542. The monoisotopic (exact) mass is 145 g/mol. The summed E-state index contributed by atoms with van der Waals surface area (Å²) in [4.78, 5) is 0. The zero-order chi connectivity index (χ0) is 7.11. The third-order valence-corrected chi connectivity index (χ3v) is 1.46. The van der Waals surface area contributed by atoms with Gasteiger partial charge in [0, 0.05) is 12.4 Å². The van der Waals surface area contributed by atoms with Gasteiger partial charge in [0.2, 0.25) is 0 Å². The van der Waals surface area contributed by atoms with Crippen LogP contribution < -0.4 is 0 Å². The molecule has 0 aromatic rings. The fourth-order valence-electron chi connectivity index (χ4n) is 0.729. The number of unbranched alkanes of at least 4 members (excludes halogenated alkanes) is 1. The largest absolute Gasteiger partial charge is 0.220 e. The van der Waals surface area contributed by atoms with Crippen molar-refractivity contribution in [2.45, 2.75) is 33.1 Å². The zero-order valence-electron chi connectivity index (χ0n) is 6.26. The van der Waals surface area contributed by atoms with Crippen molar-refractivity contribution >= 4 is 12.4 Å². The van der Waals surface area contributed by atoms with E-state index in [9.17, 15) is 0 Å². The van der Waals surface area contributed by atoms with Gasteiger partial charge >= 0.3 is 0 Å². The Morgan fingerprint density at radius 3 is 2.44 bits per heavy atom. The van der Waals surface area contributed by atoms with Crippen molar-refractivity contribution in [2.75, 3.05) is 6.54 Å². The molecular formula is C7H15NS. The Morgan fingerprint density at radius 1 is 1.33 bits per heavy atom. The van der Waals surface area contributed by atoms with E-state index in [0.29, 0.717) is 0 Å². The maximum absolute atomic E-state index is 4.46. The van der Waals surface area contributed by atoms with E-state index in [1.165, 1.54) is 19.3 Å². The number of rotatable bonds is 5. The van der Waals surface area contributed by atoms with Crippen molar-refractivity contribution in [1.29, 1.82) is 0 Å². The summed E-state index contributed by atoms with van der Waals surface area (Å²) < 4.78 is 3.62. The first-order valence-corrected chi connectivity index (χ1v) is 3.93. The summed E-state index contributed by atoms with van der Waals surface area (Å²) in [6, 6.07) is 0. The van der Waals surface area contributed by atoms with E-state index in [-0.39, 0.29) is 0 Å². The molecule has 0 heterocycles. The molecule has 0 N–H and O–H groups in total. The molecule has 0 amide bonds. The lowest BCUT2D eigenvalue weighted by Crippen LogP contribution is -1.87. The highest BCUT2D eigenvalue weighted by Crippen LogP contribution is 2.05. The topological polar surface area (TPSA) is 12.4 Å². The quantitative estimate of drug-likeness (QED) is 0.541. The van der Waals surface area contributed by atoms with Crippen LogP contribution in [0.4, 0.5) is 0 Å². The molecule has 0 fully saturated rings. The maximum Gasteiger partial charge on any atom is 0.0521 e. The summed E-state index contributed by atoms with van der Waals surface area (Å²) in [6.45, 7) is 5.34. The van der Waals surface area contributed by atoms with E-state index in [0.717, 1.165) is 12.5 Å². The van der Waals surface area contributed by atoms with Crippen molar-refractivity contribution in [3.05, 3.63) is 0 Å². The third-order valence-electron chi connectivity index (χ3n) is 1.28. The van der Waals surface area contributed by atoms with Crippen LogP contribution in [0.3, 0.4) is 0 Å². The molecule has 0 saturated heterocycles. The Kier molecular flexibility index (Phi) is 6.16. The van der Waals surface area contributed by atoms with E-state index < -0.39 is 0 Å².